The van der Waals surface area contributed by atoms with E-state index in [-0.39, 0.29) is 21.7 Å². The van der Waals surface area contributed by atoms with Gasteiger partial charge in [0.25, 0.3) is 0 Å². The largest absolute Gasteiger partial charge is 0.315 e. The molecule has 0 amide bonds. The van der Waals surface area contributed by atoms with E-state index in [1.807, 2.05) is 0 Å². The molecular formula is C43H55N. The number of hydrogen-bond acceptors (Lipinski definition) is 1. The van der Waals surface area contributed by atoms with Crippen molar-refractivity contribution in [3.63, 3.8) is 0 Å². The van der Waals surface area contributed by atoms with Crippen molar-refractivity contribution < 1.29 is 0 Å². The van der Waals surface area contributed by atoms with Crippen LogP contribution in [0.15, 0.2) is 113 Å². The van der Waals surface area contributed by atoms with Crippen molar-refractivity contribution in [3.8, 4) is 11.1 Å². The molecule has 0 N–H and O–H groups in total. The van der Waals surface area contributed by atoms with Gasteiger partial charge in [-0.15, -0.1) is 0 Å². The van der Waals surface area contributed by atoms with E-state index in [2.05, 4.69) is 149 Å². The summed E-state index contributed by atoms with van der Waals surface area (Å²) in [4.78, 5) is 2.36. The van der Waals surface area contributed by atoms with Crippen molar-refractivity contribution in [2.45, 2.75) is 108 Å². The summed E-state index contributed by atoms with van der Waals surface area (Å²) in [5.41, 5.74) is 17.3. The molecule has 3 aliphatic carbocycles. The van der Waals surface area contributed by atoms with Crippen LogP contribution < -0.4 is 4.90 Å². The summed E-state index contributed by atoms with van der Waals surface area (Å²) in [6.07, 6.45) is 8.06. The molecule has 5 rings (SSSR count). The Morgan fingerprint density at radius 1 is 0.864 bits per heavy atom. The monoisotopic (exact) mass is 585 g/mol. The predicted octanol–water partition coefficient (Wildman–Crippen LogP) is 12.6. The van der Waals surface area contributed by atoms with E-state index >= 15 is 0 Å². The second-order valence-corrected chi connectivity index (χ2v) is 16.4. The molecule has 1 heteroatoms. The molecule has 0 atom stereocenters. The van der Waals surface area contributed by atoms with Gasteiger partial charge in [-0.25, -0.2) is 0 Å². The second-order valence-electron chi connectivity index (χ2n) is 16.4. The van der Waals surface area contributed by atoms with Crippen LogP contribution in [-0.4, -0.2) is 0 Å². The molecule has 0 heterocycles. The molecule has 0 spiro atoms. The fourth-order valence-corrected chi connectivity index (χ4v) is 7.56. The van der Waals surface area contributed by atoms with Crippen LogP contribution in [0.2, 0.25) is 0 Å². The Balaban J connectivity index is 1.72. The SMILES string of the molecule is C=C(CC)N(C(=C)C1=C(/C=C(\C)C(C)(C)C)C2=C(CCC(C(C)(C)C)=C2)C1(C)C)c1ccc2c(c1)C(C)(C)c1ccccc1-2. The Labute approximate surface area is 268 Å². The second kappa shape index (κ2) is 10.6. The van der Waals surface area contributed by atoms with Gasteiger partial charge in [0, 0.05) is 27.9 Å². The Hall–Kier alpha value is -3.32. The van der Waals surface area contributed by atoms with Crippen LogP contribution in [0.1, 0.15) is 113 Å². The lowest BCUT2D eigenvalue weighted by Gasteiger charge is -2.37. The van der Waals surface area contributed by atoms with Crippen LogP contribution >= 0.6 is 0 Å². The quantitative estimate of drug-likeness (QED) is 0.326. The fraction of sp³-hybridized carbons (Fsp3) is 0.442. The third kappa shape index (κ3) is 5.11. The first-order chi connectivity index (χ1) is 20.3. The average molecular weight is 586 g/mol. The summed E-state index contributed by atoms with van der Waals surface area (Å²) in [6, 6.07) is 15.9. The van der Waals surface area contributed by atoms with Crippen molar-refractivity contribution in [1.29, 1.82) is 0 Å². The van der Waals surface area contributed by atoms with Crippen LogP contribution in [0.4, 0.5) is 5.69 Å². The summed E-state index contributed by atoms with van der Waals surface area (Å²) in [6.45, 7) is 37.6. The van der Waals surface area contributed by atoms with E-state index in [1.165, 1.54) is 50.1 Å². The lowest BCUT2D eigenvalue weighted by Crippen LogP contribution is -2.28. The summed E-state index contributed by atoms with van der Waals surface area (Å²) >= 11 is 0. The predicted molar refractivity (Wildman–Crippen MR) is 193 cm³/mol. The highest BCUT2D eigenvalue weighted by atomic mass is 15.2. The number of fused-ring (bicyclic) bond motifs is 3. The van der Waals surface area contributed by atoms with Gasteiger partial charge < -0.3 is 4.90 Å². The molecule has 0 aromatic heterocycles. The molecule has 0 aliphatic heterocycles. The molecule has 0 unspecified atom stereocenters. The zero-order valence-electron chi connectivity index (χ0n) is 29.7. The Kier molecular flexibility index (Phi) is 7.76. The topological polar surface area (TPSA) is 3.24 Å². The van der Waals surface area contributed by atoms with Crippen molar-refractivity contribution in [2.75, 3.05) is 4.90 Å². The van der Waals surface area contributed by atoms with Crippen molar-refractivity contribution >= 4 is 5.69 Å². The smallest absolute Gasteiger partial charge is 0.0461 e. The van der Waals surface area contributed by atoms with Crippen LogP contribution in [0.3, 0.4) is 0 Å². The number of allylic oxidation sites excluding steroid dienone is 9. The number of nitrogens with zero attached hydrogens (tertiary/aromatic N) is 1. The number of benzene rings is 2. The third-order valence-electron chi connectivity index (χ3n) is 10.8. The van der Waals surface area contributed by atoms with E-state index in [1.54, 1.807) is 5.57 Å². The highest BCUT2D eigenvalue weighted by Crippen LogP contribution is 2.57. The average Bonchev–Trinajstić information content (AvgIpc) is 3.30. The van der Waals surface area contributed by atoms with E-state index in [0.29, 0.717) is 0 Å². The first-order valence-electron chi connectivity index (χ1n) is 16.6. The molecule has 0 bridgehead atoms. The molecule has 0 saturated heterocycles. The maximum absolute atomic E-state index is 4.92. The Bertz CT molecular complexity index is 1680. The van der Waals surface area contributed by atoms with Crippen LogP contribution in [0.25, 0.3) is 11.1 Å². The number of anilines is 1. The fourth-order valence-electron chi connectivity index (χ4n) is 7.56. The lowest BCUT2D eigenvalue weighted by molar-refractivity contribution is 0.462. The maximum atomic E-state index is 4.92. The molecular weight excluding hydrogens is 530 g/mol. The van der Waals surface area contributed by atoms with Gasteiger partial charge in [-0.3, -0.25) is 0 Å². The van der Waals surface area contributed by atoms with Crippen LogP contribution in [0, 0.1) is 16.2 Å². The minimum atomic E-state index is -0.144. The molecule has 3 aliphatic rings. The van der Waals surface area contributed by atoms with Gasteiger partial charge in [0.2, 0.25) is 0 Å². The standard InChI is InChI=1S/C43H55N/c1-15-28(3)44(31-21-22-33-32-18-16-17-19-36(32)42(11,12)38(33)26-31)29(4)39-35(24-27(2)40(5,6)7)34-25-30(41(8,9)10)20-23-37(34)43(39,13)14/h16-19,21-22,24-26H,3-4,15,20,23H2,1-2,5-14H3/b27-24+. The van der Waals surface area contributed by atoms with Crippen LogP contribution in [-0.2, 0) is 5.41 Å². The summed E-state index contributed by atoms with van der Waals surface area (Å²) in [5.74, 6) is 0. The molecule has 0 fully saturated rings. The molecule has 232 valence electrons. The highest BCUT2D eigenvalue weighted by molar-refractivity contribution is 5.83. The van der Waals surface area contributed by atoms with Crippen LogP contribution in [0.5, 0.6) is 0 Å². The summed E-state index contributed by atoms with van der Waals surface area (Å²) in [5, 5.41) is 0. The van der Waals surface area contributed by atoms with Gasteiger partial charge >= 0.3 is 0 Å². The van der Waals surface area contributed by atoms with E-state index < -0.39 is 0 Å². The Morgan fingerprint density at radius 3 is 2.11 bits per heavy atom. The van der Waals surface area contributed by atoms with Crippen molar-refractivity contribution in [3.05, 3.63) is 124 Å². The lowest BCUT2D eigenvalue weighted by atomic mass is 9.72. The highest BCUT2D eigenvalue weighted by Gasteiger charge is 2.43. The normalized spacial score (nSPS) is 19.0. The van der Waals surface area contributed by atoms with E-state index in [9.17, 15) is 0 Å². The first kappa shape index (κ1) is 32.1. The summed E-state index contributed by atoms with van der Waals surface area (Å²) in [7, 11) is 0. The third-order valence-corrected chi connectivity index (χ3v) is 10.8. The maximum Gasteiger partial charge on any atom is 0.0461 e. The zero-order valence-corrected chi connectivity index (χ0v) is 29.7. The van der Waals surface area contributed by atoms with Gasteiger partial charge in [0.1, 0.15) is 0 Å². The molecule has 2 aromatic rings. The first-order valence-corrected chi connectivity index (χ1v) is 16.6. The number of hydrogen-bond donors (Lipinski definition) is 0. The zero-order chi connectivity index (χ0) is 32.6. The molecule has 2 aromatic carbocycles. The van der Waals surface area contributed by atoms with Crippen molar-refractivity contribution in [1.82, 2.24) is 0 Å². The molecule has 0 saturated carbocycles. The minimum absolute atomic E-state index is 0.0685. The van der Waals surface area contributed by atoms with Gasteiger partial charge in [0.05, 0.1) is 0 Å². The molecule has 0 radical (unpaired) electrons. The van der Waals surface area contributed by atoms with Gasteiger partial charge in [-0.2, -0.15) is 0 Å². The van der Waals surface area contributed by atoms with Gasteiger partial charge in [0.15, 0.2) is 0 Å². The van der Waals surface area contributed by atoms with Crippen molar-refractivity contribution in [2.24, 2.45) is 16.2 Å². The minimum Gasteiger partial charge on any atom is -0.315 e. The molecule has 1 nitrogen and oxygen atoms in total. The summed E-state index contributed by atoms with van der Waals surface area (Å²) < 4.78 is 0. The van der Waals surface area contributed by atoms with Gasteiger partial charge in [-0.1, -0.05) is 149 Å². The Morgan fingerprint density at radius 2 is 1.50 bits per heavy atom. The van der Waals surface area contributed by atoms with Gasteiger partial charge in [-0.05, 0) is 88.1 Å². The molecule has 44 heavy (non-hydrogen) atoms. The van der Waals surface area contributed by atoms with E-state index in [0.717, 1.165) is 36.3 Å². The number of rotatable bonds is 6. The van der Waals surface area contributed by atoms with E-state index in [4.69, 9.17) is 6.58 Å².